The lowest BCUT2D eigenvalue weighted by atomic mass is 9.71. The minimum atomic E-state index is -4.81. The van der Waals surface area contributed by atoms with E-state index in [2.05, 4.69) is 11.1 Å². The molecule has 1 aromatic carbocycles. The number of alkyl halides is 3. The van der Waals surface area contributed by atoms with Crippen molar-refractivity contribution in [1.29, 1.82) is 5.26 Å². The predicted molar refractivity (Wildman–Crippen MR) is 187 cm³/mol. The molecule has 2 aliphatic rings. The molecule has 14 heteroatoms. The van der Waals surface area contributed by atoms with Crippen LogP contribution in [-0.2, 0) is 32.5 Å². The molecule has 3 aromatic rings. The van der Waals surface area contributed by atoms with Crippen LogP contribution < -0.4 is 4.74 Å². The fraction of sp³-hybridized carbons (Fsp3) is 0.500. The molecule has 52 heavy (non-hydrogen) atoms. The quantitative estimate of drug-likeness (QED) is 0.183. The summed E-state index contributed by atoms with van der Waals surface area (Å²) in [5.41, 5.74) is -2.78. The van der Waals surface area contributed by atoms with E-state index in [-0.39, 0.29) is 51.6 Å². The Hall–Kier alpha value is -4.48. The number of hydrogen-bond donors (Lipinski definition) is 1. The summed E-state index contributed by atoms with van der Waals surface area (Å²) in [6, 6.07) is 12.9. The van der Waals surface area contributed by atoms with Crippen molar-refractivity contribution < 1.29 is 42.1 Å². The normalized spacial score (nSPS) is 20.3. The topological polar surface area (TPSA) is 133 Å². The van der Waals surface area contributed by atoms with Crippen LogP contribution in [0, 0.1) is 18.3 Å². The van der Waals surface area contributed by atoms with E-state index in [4.69, 9.17) is 14.6 Å². The number of thiophene rings is 1. The smallest absolute Gasteiger partial charge is 0.418 e. The molecule has 4 heterocycles. The van der Waals surface area contributed by atoms with Crippen molar-refractivity contribution in [3.63, 3.8) is 0 Å². The van der Waals surface area contributed by atoms with E-state index in [0.29, 0.717) is 44.3 Å². The zero-order valence-electron chi connectivity index (χ0n) is 29.3. The molecular weight excluding hydrogens is 698 g/mol. The van der Waals surface area contributed by atoms with E-state index in [1.807, 2.05) is 44.2 Å². The van der Waals surface area contributed by atoms with Gasteiger partial charge < -0.3 is 24.4 Å². The molecule has 0 saturated carbocycles. The van der Waals surface area contributed by atoms with Gasteiger partial charge in [-0.25, -0.2) is 0 Å². The van der Waals surface area contributed by atoms with E-state index in [9.17, 15) is 32.8 Å². The number of carbonyl (C=O) groups is 3. The Morgan fingerprint density at radius 1 is 1.12 bits per heavy atom. The molecule has 2 atom stereocenters. The Kier molecular flexibility index (Phi) is 12.3. The number of amides is 2. The monoisotopic (exact) mass is 740 g/mol. The van der Waals surface area contributed by atoms with Gasteiger partial charge in [-0.2, -0.15) is 18.4 Å². The van der Waals surface area contributed by atoms with E-state index in [1.165, 1.54) is 16.2 Å². The minimum absolute atomic E-state index is 0.00631. The molecule has 0 radical (unpaired) electrons. The number of halogens is 3. The van der Waals surface area contributed by atoms with Crippen LogP contribution >= 0.6 is 11.3 Å². The first-order chi connectivity index (χ1) is 24.8. The molecule has 278 valence electrons. The number of carbonyl (C=O) groups excluding carboxylic acids is 2. The van der Waals surface area contributed by atoms with Crippen molar-refractivity contribution in [3.05, 3.63) is 81.3 Å². The fourth-order valence-electron chi connectivity index (χ4n) is 7.45. The number of benzene rings is 1. The highest BCUT2D eigenvalue weighted by Crippen LogP contribution is 2.43. The lowest BCUT2D eigenvalue weighted by Crippen LogP contribution is -2.68. The molecule has 10 nitrogen and oxygen atoms in total. The highest BCUT2D eigenvalue weighted by molar-refractivity contribution is 7.10. The molecular formula is C38H43F3N4O6S. The summed E-state index contributed by atoms with van der Waals surface area (Å²) in [5.74, 6) is -1.73. The van der Waals surface area contributed by atoms with Gasteiger partial charge in [0.2, 0.25) is 5.60 Å². The molecule has 2 saturated heterocycles. The first-order valence-corrected chi connectivity index (χ1v) is 18.4. The number of nitrogens with zero attached hydrogens (tertiary/aromatic N) is 4. The number of likely N-dealkylation sites (tertiary alicyclic amines) is 2. The zero-order chi connectivity index (χ0) is 37.5. The number of aromatic nitrogens is 1. The summed E-state index contributed by atoms with van der Waals surface area (Å²) in [4.78, 5) is 47.7. The van der Waals surface area contributed by atoms with E-state index < -0.39 is 46.4 Å². The van der Waals surface area contributed by atoms with E-state index in [1.54, 1.807) is 10.3 Å². The summed E-state index contributed by atoms with van der Waals surface area (Å²) < 4.78 is 54.6. The van der Waals surface area contributed by atoms with Gasteiger partial charge in [0.05, 0.1) is 29.7 Å². The number of ether oxygens (including phenoxy) is 2. The molecule has 1 N–H and O–H groups in total. The molecule has 2 aliphatic heterocycles. The highest BCUT2D eigenvalue weighted by atomic mass is 32.1. The first-order valence-electron chi connectivity index (χ1n) is 17.5. The number of piperidine rings is 2. The number of aryl methyl sites for hydroxylation is 1. The maximum absolute atomic E-state index is 15.0. The van der Waals surface area contributed by atoms with Crippen LogP contribution in [0.3, 0.4) is 0 Å². The van der Waals surface area contributed by atoms with Gasteiger partial charge in [0.15, 0.2) is 0 Å². The van der Waals surface area contributed by atoms with Gasteiger partial charge in [0, 0.05) is 55.5 Å². The summed E-state index contributed by atoms with van der Waals surface area (Å²) >= 11 is 1.44. The molecule has 0 aliphatic carbocycles. The number of nitriles is 1. The van der Waals surface area contributed by atoms with Gasteiger partial charge >= 0.3 is 12.1 Å². The van der Waals surface area contributed by atoms with Crippen LogP contribution in [-0.4, -0.2) is 75.6 Å². The number of rotatable bonds is 13. The van der Waals surface area contributed by atoms with E-state index in [0.717, 1.165) is 34.3 Å². The van der Waals surface area contributed by atoms with Gasteiger partial charge in [-0.3, -0.25) is 19.4 Å². The molecule has 2 aromatic heterocycles. The maximum atomic E-state index is 15.0. The largest absolute Gasteiger partial charge is 0.481 e. The first kappa shape index (κ1) is 38.7. The molecule has 0 unspecified atom stereocenters. The summed E-state index contributed by atoms with van der Waals surface area (Å²) in [7, 11) is 0. The second kappa shape index (κ2) is 16.5. The number of carboxylic acids is 1. The van der Waals surface area contributed by atoms with Gasteiger partial charge in [-0.15, -0.1) is 11.3 Å². The number of hydrogen-bond acceptors (Lipinski definition) is 8. The zero-order valence-corrected chi connectivity index (χ0v) is 30.1. The lowest BCUT2D eigenvalue weighted by molar-refractivity contribution is -0.160. The summed E-state index contributed by atoms with van der Waals surface area (Å²) in [5, 5.41) is 21.3. The van der Waals surface area contributed by atoms with Crippen LogP contribution in [0.5, 0.6) is 5.75 Å². The maximum Gasteiger partial charge on any atom is 0.418 e. The Bertz CT molecular complexity index is 1780. The Morgan fingerprint density at radius 2 is 1.87 bits per heavy atom. The van der Waals surface area contributed by atoms with Crippen LogP contribution in [0.15, 0.2) is 54.0 Å². The average Bonchev–Trinajstić information content (AvgIpc) is 3.55. The molecule has 0 spiro atoms. The van der Waals surface area contributed by atoms with Gasteiger partial charge in [-0.1, -0.05) is 37.6 Å². The Balaban J connectivity index is 1.44. The Labute approximate surface area is 305 Å². The molecule has 2 amide bonds. The average molecular weight is 741 g/mol. The molecule has 0 bridgehead atoms. The summed E-state index contributed by atoms with van der Waals surface area (Å²) in [6.45, 7) is 4.79. The van der Waals surface area contributed by atoms with Crippen LogP contribution in [0.2, 0.25) is 0 Å². The van der Waals surface area contributed by atoms with Crippen molar-refractivity contribution in [3.8, 4) is 11.8 Å². The van der Waals surface area contributed by atoms with Crippen LogP contribution in [0.1, 0.15) is 90.3 Å². The summed E-state index contributed by atoms with van der Waals surface area (Å²) in [6.07, 6.45) is -1.31. The number of pyridine rings is 1. The van der Waals surface area contributed by atoms with Crippen molar-refractivity contribution in [1.82, 2.24) is 14.8 Å². The second-order valence-corrected chi connectivity index (χ2v) is 14.5. The number of aliphatic carboxylic acids is 1. The SMILES string of the molecule is CCC[C@H]1N(C(=O)c2ncccc2C(F)(F)F)CCC[C@@]1(Oc1csc(C)c1)C(=O)N1CCC(C#N)(c2ccccc2COCCCC(=O)O)CC1. The van der Waals surface area contributed by atoms with Gasteiger partial charge in [0.25, 0.3) is 11.8 Å². The third-order valence-electron chi connectivity index (χ3n) is 9.96. The van der Waals surface area contributed by atoms with Crippen molar-refractivity contribution in [2.75, 3.05) is 26.2 Å². The van der Waals surface area contributed by atoms with Crippen LogP contribution in [0.4, 0.5) is 13.2 Å². The van der Waals surface area contributed by atoms with Crippen molar-refractivity contribution in [2.45, 2.75) is 95.1 Å². The lowest BCUT2D eigenvalue weighted by Gasteiger charge is -2.51. The second-order valence-electron chi connectivity index (χ2n) is 13.4. The van der Waals surface area contributed by atoms with Gasteiger partial charge in [0.1, 0.15) is 11.4 Å². The highest BCUT2D eigenvalue weighted by Gasteiger charge is 2.56. The van der Waals surface area contributed by atoms with Crippen molar-refractivity contribution in [2.24, 2.45) is 0 Å². The third kappa shape index (κ3) is 8.26. The fourth-order valence-corrected chi connectivity index (χ4v) is 8.05. The standard InChI is InChI=1S/C38H43F3N4O6S/c1-3-9-31-37(51-28-22-26(2)52-24-28,14-8-18-45(31)34(48)33-30(38(39,40)41)12-6-17-43-33)35(49)44-19-15-36(25-42,16-20-44)29-11-5-4-10-27(29)23-50-21-7-13-32(46)47/h4-6,10-12,17,22,24,31H,3,7-9,13-16,18-21,23H2,1-2H3,(H,46,47)/t31-,37+/m1/s1. The van der Waals surface area contributed by atoms with Crippen LogP contribution in [0.25, 0.3) is 0 Å². The molecule has 2 fully saturated rings. The third-order valence-corrected chi connectivity index (χ3v) is 10.8. The van der Waals surface area contributed by atoms with Crippen molar-refractivity contribution >= 4 is 29.1 Å². The van der Waals surface area contributed by atoms with Gasteiger partial charge in [-0.05, 0) is 68.4 Å². The Morgan fingerprint density at radius 3 is 2.52 bits per heavy atom. The number of carboxylic acid groups (broad SMARTS) is 1. The molecule has 5 rings (SSSR count). The predicted octanol–water partition coefficient (Wildman–Crippen LogP) is 7.16. The minimum Gasteiger partial charge on any atom is -0.481 e. The van der Waals surface area contributed by atoms with E-state index >= 15 is 0 Å².